The first kappa shape index (κ1) is 23.5. The summed E-state index contributed by atoms with van der Waals surface area (Å²) < 4.78 is 22.4. The summed E-state index contributed by atoms with van der Waals surface area (Å²) in [4.78, 5) is 12.2. The third-order valence-corrected chi connectivity index (χ3v) is 9.65. The third kappa shape index (κ3) is 5.50. The number of rotatable bonds is 5. The van der Waals surface area contributed by atoms with Crippen molar-refractivity contribution in [1.29, 1.82) is 0 Å². The molecule has 0 amide bonds. The molecule has 0 saturated carbocycles. The second kappa shape index (κ2) is 8.24. The lowest BCUT2D eigenvalue weighted by Crippen LogP contribution is -2.61. The predicted octanol–water partition coefficient (Wildman–Crippen LogP) is 2.06. The fourth-order valence-electron chi connectivity index (χ4n) is 2.17. The van der Waals surface area contributed by atoms with Gasteiger partial charge in [0.25, 0.3) is 0 Å². The van der Waals surface area contributed by atoms with Gasteiger partial charge in [-0.2, -0.15) is 0 Å². The Morgan fingerprint density at radius 3 is 2.04 bits per heavy atom. The molecule has 5 atom stereocenters. The second-order valence-electron chi connectivity index (χ2n) is 9.45. The number of hydrogen-bond donors (Lipinski definition) is 2. The lowest BCUT2D eigenvalue weighted by atomic mass is 9.95. The van der Waals surface area contributed by atoms with Crippen LogP contribution in [0.1, 0.15) is 41.5 Å². The Labute approximate surface area is 158 Å². The van der Waals surface area contributed by atoms with Crippen molar-refractivity contribution in [3.8, 4) is 0 Å². The summed E-state index contributed by atoms with van der Waals surface area (Å²) in [6.45, 7) is 15.8. The summed E-state index contributed by atoms with van der Waals surface area (Å²) in [5.74, 6) is -0.504. The maximum absolute atomic E-state index is 12.2. The van der Waals surface area contributed by atoms with Crippen molar-refractivity contribution in [1.82, 2.24) is 0 Å². The van der Waals surface area contributed by atoms with Crippen LogP contribution in [0.4, 0.5) is 0 Å². The van der Waals surface area contributed by atoms with E-state index in [2.05, 4.69) is 33.9 Å². The number of aliphatic hydroxyl groups excluding tert-OH is 2. The van der Waals surface area contributed by atoms with Gasteiger partial charge in [0.15, 0.2) is 20.7 Å². The minimum Gasteiger partial charge on any atom is -0.454 e. The first-order chi connectivity index (χ1) is 11.6. The molecule has 0 aromatic heterocycles. The topological polar surface area (TPSA) is 94.5 Å². The fourth-order valence-corrected chi connectivity index (χ4v) is 3.18. The van der Waals surface area contributed by atoms with Gasteiger partial charge in [0.2, 0.25) is 0 Å². The Kier molecular flexibility index (Phi) is 7.46. The molecule has 0 bridgehead atoms. The van der Waals surface area contributed by atoms with E-state index in [1.54, 1.807) is 20.8 Å². The molecule has 0 aliphatic carbocycles. The lowest BCUT2D eigenvalue weighted by Gasteiger charge is -2.43. The Bertz CT molecular complexity index is 479. The zero-order valence-electron chi connectivity index (χ0n) is 17.5. The molecule has 0 unspecified atom stereocenters. The van der Waals surface area contributed by atoms with Crippen LogP contribution in [0.5, 0.6) is 0 Å². The highest BCUT2D eigenvalue weighted by atomic mass is 28.4. The molecule has 26 heavy (non-hydrogen) atoms. The van der Waals surface area contributed by atoms with E-state index < -0.39 is 50.4 Å². The van der Waals surface area contributed by atoms with Crippen molar-refractivity contribution in [3.63, 3.8) is 0 Å². The number of carbonyl (C=O) groups is 1. The Balaban J connectivity index is 2.84. The van der Waals surface area contributed by atoms with Gasteiger partial charge in [-0.15, -0.1) is 0 Å². The summed E-state index contributed by atoms with van der Waals surface area (Å²) in [5.41, 5.74) is -0.745. The van der Waals surface area contributed by atoms with E-state index in [1.807, 2.05) is 0 Å². The highest BCUT2D eigenvalue weighted by Gasteiger charge is 2.49. The van der Waals surface area contributed by atoms with Crippen molar-refractivity contribution in [2.45, 2.75) is 90.4 Å². The smallest absolute Gasteiger partial charge is 0.311 e. The van der Waals surface area contributed by atoms with Crippen LogP contribution >= 0.6 is 0 Å². The minimum absolute atomic E-state index is 0.0106. The molecule has 1 aliphatic rings. The van der Waals surface area contributed by atoms with Crippen LogP contribution in [0.2, 0.25) is 18.1 Å². The van der Waals surface area contributed by atoms with E-state index in [0.29, 0.717) is 0 Å². The van der Waals surface area contributed by atoms with E-state index in [9.17, 15) is 15.0 Å². The maximum atomic E-state index is 12.2. The van der Waals surface area contributed by atoms with Crippen LogP contribution in [-0.4, -0.2) is 68.9 Å². The molecule has 8 heteroatoms. The van der Waals surface area contributed by atoms with E-state index in [0.717, 1.165) is 0 Å². The van der Waals surface area contributed by atoms with Crippen LogP contribution in [0, 0.1) is 5.41 Å². The molecule has 0 aromatic carbocycles. The molecule has 1 heterocycles. The van der Waals surface area contributed by atoms with E-state index in [4.69, 9.17) is 18.6 Å². The van der Waals surface area contributed by atoms with Crippen LogP contribution in [0.15, 0.2) is 0 Å². The van der Waals surface area contributed by atoms with Crippen molar-refractivity contribution in [2.24, 2.45) is 5.41 Å². The van der Waals surface area contributed by atoms with Gasteiger partial charge < -0.3 is 28.8 Å². The lowest BCUT2D eigenvalue weighted by molar-refractivity contribution is -0.298. The summed E-state index contributed by atoms with van der Waals surface area (Å²) in [6.07, 6.45) is -5.43. The minimum atomic E-state index is -2.04. The maximum Gasteiger partial charge on any atom is 0.311 e. The Morgan fingerprint density at radius 2 is 1.62 bits per heavy atom. The van der Waals surface area contributed by atoms with Crippen molar-refractivity contribution >= 4 is 14.3 Å². The first-order valence-electron chi connectivity index (χ1n) is 9.01. The van der Waals surface area contributed by atoms with Crippen LogP contribution in [0.25, 0.3) is 0 Å². The van der Waals surface area contributed by atoms with Crippen molar-refractivity contribution in [2.75, 3.05) is 13.7 Å². The number of hydrogen-bond acceptors (Lipinski definition) is 7. The number of ether oxygens (including phenoxy) is 3. The summed E-state index contributed by atoms with van der Waals surface area (Å²) in [6, 6.07) is 0. The summed E-state index contributed by atoms with van der Waals surface area (Å²) >= 11 is 0. The number of esters is 1. The van der Waals surface area contributed by atoms with Gasteiger partial charge in [0.1, 0.15) is 18.3 Å². The third-order valence-electron chi connectivity index (χ3n) is 5.15. The normalized spacial score (nSPS) is 31.0. The molecule has 0 aromatic rings. The van der Waals surface area contributed by atoms with Gasteiger partial charge in [-0.05, 0) is 38.9 Å². The molecule has 1 rings (SSSR count). The monoisotopic (exact) mass is 392 g/mol. The average molecular weight is 393 g/mol. The molecule has 2 N–H and O–H groups in total. The molecule has 1 saturated heterocycles. The van der Waals surface area contributed by atoms with Crippen molar-refractivity contribution < 1.29 is 33.6 Å². The highest BCUT2D eigenvalue weighted by molar-refractivity contribution is 6.74. The molecular weight excluding hydrogens is 356 g/mol. The van der Waals surface area contributed by atoms with Gasteiger partial charge in [-0.3, -0.25) is 4.79 Å². The van der Waals surface area contributed by atoms with E-state index in [-0.39, 0.29) is 11.6 Å². The number of aliphatic hydroxyl groups is 2. The molecule has 7 nitrogen and oxygen atoms in total. The van der Waals surface area contributed by atoms with E-state index >= 15 is 0 Å². The number of carbonyl (C=O) groups excluding carboxylic acids is 1. The van der Waals surface area contributed by atoms with E-state index in [1.165, 1.54) is 7.11 Å². The van der Waals surface area contributed by atoms with Crippen LogP contribution in [0.3, 0.4) is 0 Å². The quantitative estimate of drug-likeness (QED) is 0.546. The summed E-state index contributed by atoms with van der Waals surface area (Å²) in [7, 11) is -0.638. The molecular formula is C18H36O7Si. The summed E-state index contributed by atoms with van der Waals surface area (Å²) in [5, 5.41) is 20.9. The molecule has 0 radical (unpaired) electrons. The standard InChI is InChI=1S/C18H36O7Si/c1-17(2,3)16(21)25-14-13(20)12(19)11(24-15(14)22-7)10-23-26(8,9)18(4,5)6/h11-15,19-20H,10H2,1-9H3/t11-,12-,13+,14-,15+/m1/s1. The molecule has 154 valence electrons. The van der Waals surface area contributed by atoms with Gasteiger partial charge in [-0.25, -0.2) is 0 Å². The first-order valence-corrected chi connectivity index (χ1v) is 11.9. The Morgan fingerprint density at radius 1 is 1.08 bits per heavy atom. The van der Waals surface area contributed by atoms with Crippen LogP contribution in [-0.2, 0) is 23.4 Å². The van der Waals surface area contributed by atoms with Crippen molar-refractivity contribution in [3.05, 3.63) is 0 Å². The average Bonchev–Trinajstić information content (AvgIpc) is 2.48. The molecule has 1 fully saturated rings. The molecule has 0 spiro atoms. The zero-order chi connectivity index (χ0) is 20.5. The SMILES string of the molecule is CO[C@H]1O[C@H](CO[Si](C)(C)C(C)(C)C)[C@@H](O)[C@H](O)[C@H]1OC(=O)C(C)(C)C. The molecule has 1 aliphatic heterocycles. The Hall–Kier alpha value is -0.513. The van der Waals surface area contributed by atoms with Gasteiger partial charge in [-0.1, -0.05) is 20.8 Å². The second-order valence-corrected chi connectivity index (χ2v) is 14.3. The largest absolute Gasteiger partial charge is 0.454 e. The predicted molar refractivity (Wildman–Crippen MR) is 100 cm³/mol. The highest BCUT2D eigenvalue weighted by Crippen LogP contribution is 2.37. The fraction of sp³-hybridized carbons (Fsp3) is 0.944. The van der Waals surface area contributed by atoms with Gasteiger partial charge in [0.05, 0.1) is 12.0 Å². The van der Waals surface area contributed by atoms with Crippen LogP contribution < -0.4 is 0 Å². The number of methoxy groups -OCH3 is 1. The van der Waals surface area contributed by atoms with Gasteiger partial charge >= 0.3 is 5.97 Å². The van der Waals surface area contributed by atoms with Gasteiger partial charge in [0, 0.05) is 7.11 Å². The zero-order valence-corrected chi connectivity index (χ0v) is 18.5.